The summed E-state index contributed by atoms with van der Waals surface area (Å²) < 4.78 is 18.8. The highest BCUT2D eigenvalue weighted by Gasteiger charge is 2.28. The monoisotopic (exact) mass is 328 g/mol. The molecule has 1 amide bonds. The number of likely N-dealkylation sites (tertiary alicyclic amines) is 1. The molecule has 0 aromatic heterocycles. The number of amides is 1. The summed E-state index contributed by atoms with van der Waals surface area (Å²) >= 11 is 0. The Labute approximate surface area is 141 Å². The summed E-state index contributed by atoms with van der Waals surface area (Å²) in [6.07, 6.45) is 1.84. The van der Waals surface area contributed by atoms with Crippen molar-refractivity contribution in [2.24, 2.45) is 5.73 Å². The van der Waals surface area contributed by atoms with Crippen LogP contribution in [-0.4, -0.2) is 23.4 Å². The van der Waals surface area contributed by atoms with E-state index in [1.54, 1.807) is 6.07 Å². The van der Waals surface area contributed by atoms with Gasteiger partial charge in [-0.1, -0.05) is 24.3 Å². The average molecular weight is 328 g/mol. The fourth-order valence-electron chi connectivity index (χ4n) is 3.06. The summed E-state index contributed by atoms with van der Waals surface area (Å²) in [4.78, 5) is 13.6. The molecule has 2 aromatic rings. The maximum Gasteiger partial charge on any atom is 0.234 e. The molecule has 2 aromatic carbocycles. The largest absolute Gasteiger partial charge is 0.489 e. The first-order valence-corrected chi connectivity index (χ1v) is 8.11. The van der Waals surface area contributed by atoms with Gasteiger partial charge in [-0.25, -0.2) is 4.39 Å². The van der Waals surface area contributed by atoms with E-state index in [1.165, 1.54) is 12.1 Å². The molecule has 1 fully saturated rings. The predicted octanol–water partition coefficient (Wildman–Crippen LogP) is 2.85. The highest BCUT2D eigenvalue weighted by atomic mass is 19.1. The van der Waals surface area contributed by atoms with Crippen molar-refractivity contribution in [3.63, 3.8) is 0 Å². The lowest BCUT2D eigenvalue weighted by Crippen LogP contribution is -2.39. The minimum atomic E-state index is -0.263. The van der Waals surface area contributed by atoms with Gasteiger partial charge in [-0.05, 0) is 54.8 Å². The normalized spacial score (nSPS) is 17.8. The second-order valence-corrected chi connectivity index (χ2v) is 6.09. The van der Waals surface area contributed by atoms with Crippen LogP contribution in [0.5, 0.6) is 5.75 Å². The van der Waals surface area contributed by atoms with Crippen molar-refractivity contribution in [2.45, 2.75) is 32.0 Å². The Balaban J connectivity index is 1.56. The number of nitrogens with zero attached hydrogens (tertiary/aromatic N) is 1. The van der Waals surface area contributed by atoms with E-state index < -0.39 is 0 Å². The number of ether oxygens (including phenoxy) is 1. The van der Waals surface area contributed by atoms with Crippen molar-refractivity contribution in [2.75, 3.05) is 6.54 Å². The maximum absolute atomic E-state index is 13.1. The van der Waals surface area contributed by atoms with Crippen LogP contribution in [0.2, 0.25) is 0 Å². The maximum atomic E-state index is 13.1. The van der Waals surface area contributed by atoms with Crippen molar-refractivity contribution >= 4 is 5.91 Å². The number of rotatable bonds is 6. The Kier molecular flexibility index (Phi) is 5.11. The highest BCUT2D eigenvalue weighted by Crippen LogP contribution is 2.21. The van der Waals surface area contributed by atoms with Gasteiger partial charge >= 0.3 is 0 Å². The van der Waals surface area contributed by atoms with Gasteiger partial charge in [0.2, 0.25) is 5.91 Å². The number of hydrogen-bond acceptors (Lipinski definition) is 3. The zero-order valence-corrected chi connectivity index (χ0v) is 13.5. The molecule has 126 valence electrons. The Hall–Kier alpha value is -2.40. The van der Waals surface area contributed by atoms with E-state index in [4.69, 9.17) is 10.5 Å². The van der Waals surface area contributed by atoms with Crippen molar-refractivity contribution in [1.82, 2.24) is 4.90 Å². The first kappa shape index (κ1) is 16.5. The number of carbonyl (C=O) groups is 1. The van der Waals surface area contributed by atoms with Crippen LogP contribution >= 0.6 is 0 Å². The van der Waals surface area contributed by atoms with E-state index in [0.29, 0.717) is 13.2 Å². The minimum absolute atomic E-state index is 0.158. The first-order chi connectivity index (χ1) is 11.6. The molecule has 1 saturated heterocycles. The second-order valence-electron chi connectivity index (χ2n) is 6.09. The zero-order valence-electron chi connectivity index (χ0n) is 13.5. The minimum Gasteiger partial charge on any atom is -0.489 e. The fourth-order valence-corrected chi connectivity index (χ4v) is 3.06. The number of primary amides is 1. The van der Waals surface area contributed by atoms with Gasteiger partial charge in [-0.3, -0.25) is 9.69 Å². The molecule has 4 nitrogen and oxygen atoms in total. The van der Waals surface area contributed by atoms with Crippen LogP contribution < -0.4 is 10.5 Å². The molecule has 0 bridgehead atoms. The van der Waals surface area contributed by atoms with Crippen molar-refractivity contribution in [1.29, 1.82) is 0 Å². The summed E-state index contributed by atoms with van der Waals surface area (Å²) in [6, 6.07) is 14.0. The first-order valence-electron chi connectivity index (χ1n) is 8.11. The van der Waals surface area contributed by atoms with Gasteiger partial charge in [0, 0.05) is 6.54 Å². The molecule has 1 unspecified atom stereocenters. The van der Waals surface area contributed by atoms with Crippen LogP contribution in [0.3, 0.4) is 0 Å². The van der Waals surface area contributed by atoms with Crippen LogP contribution in [-0.2, 0) is 17.9 Å². The van der Waals surface area contributed by atoms with Crippen LogP contribution in [0, 0.1) is 5.82 Å². The van der Waals surface area contributed by atoms with Crippen molar-refractivity contribution in [3.8, 4) is 5.75 Å². The topological polar surface area (TPSA) is 55.6 Å². The van der Waals surface area contributed by atoms with Crippen LogP contribution in [0.25, 0.3) is 0 Å². The summed E-state index contributed by atoms with van der Waals surface area (Å²) in [5, 5.41) is 0. The van der Waals surface area contributed by atoms with Crippen molar-refractivity contribution < 1.29 is 13.9 Å². The lowest BCUT2D eigenvalue weighted by Gasteiger charge is -2.21. The summed E-state index contributed by atoms with van der Waals surface area (Å²) in [6.45, 7) is 1.93. The molecule has 1 aliphatic rings. The third kappa shape index (κ3) is 4.11. The summed E-state index contributed by atoms with van der Waals surface area (Å²) in [5.74, 6) is 0.222. The molecule has 0 radical (unpaired) electrons. The quantitative estimate of drug-likeness (QED) is 0.887. The Morgan fingerprint density at radius 3 is 2.71 bits per heavy atom. The van der Waals surface area contributed by atoms with E-state index in [2.05, 4.69) is 4.90 Å². The Morgan fingerprint density at radius 1 is 1.21 bits per heavy atom. The summed E-state index contributed by atoms with van der Waals surface area (Å²) in [5.41, 5.74) is 7.35. The third-order valence-corrected chi connectivity index (χ3v) is 4.30. The van der Waals surface area contributed by atoms with Gasteiger partial charge in [0.05, 0.1) is 6.04 Å². The SMILES string of the molecule is NC(=O)C1CCCN1Cc1ccc(OCc2cccc(F)c2)cc1. The standard InChI is InChI=1S/C19H21FN2O2/c20-16-4-1-3-15(11-16)13-24-17-8-6-14(7-9-17)12-22-10-2-5-18(22)19(21)23/h1,3-4,6-9,11,18H,2,5,10,12-13H2,(H2,21,23). The molecule has 0 saturated carbocycles. The Bertz CT molecular complexity index is 703. The molecule has 0 spiro atoms. The zero-order chi connectivity index (χ0) is 16.9. The van der Waals surface area contributed by atoms with Gasteiger partial charge in [-0.2, -0.15) is 0 Å². The highest BCUT2D eigenvalue weighted by molar-refractivity contribution is 5.80. The van der Waals surface area contributed by atoms with E-state index in [1.807, 2.05) is 30.3 Å². The lowest BCUT2D eigenvalue weighted by atomic mass is 10.1. The molecule has 24 heavy (non-hydrogen) atoms. The van der Waals surface area contributed by atoms with E-state index in [9.17, 15) is 9.18 Å². The van der Waals surface area contributed by atoms with Gasteiger partial charge in [-0.15, -0.1) is 0 Å². The van der Waals surface area contributed by atoms with E-state index in [0.717, 1.165) is 36.3 Å². The molecule has 5 heteroatoms. The van der Waals surface area contributed by atoms with Crippen molar-refractivity contribution in [3.05, 3.63) is 65.5 Å². The molecular formula is C19H21FN2O2. The molecule has 3 rings (SSSR count). The third-order valence-electron chi connectivity index (χ3n) is 4.30. The number of carbonyl (C=O) groups excluding carboxylic acids is 1. The number of nitrogens with two attached hydrogens (primary N) is 1. The van der Waals surface area contributed by atoms with Crippen LogP contribution in [0.1, 0.15) is 24.0 Å². The van der Waals surface area contributed by atoms with Gasteiger partial charge in [0.1, 0.15) is 18.2 Å². The molecular weight excluding hydrogens is 307 g/mol. The molecule has 1 heterocycles. The average Bonchev–Trinajstić information content (AvgIpc) is 3.03. The number of hydrogen-bond donors (Lipinski definition) is 1. The van der Waals surface area contributed by atoms with E-state index >= 15 is 0 Å². The molecule has 2 N–H and O–H groups in total. The van der Waals surface area contributed by atoms with Gasteiger partial charge in [0.15, 0.2) is 0 Å². The summed E-state index contributed by atoms with van der Waals surface area (Å²) in [7, 11) is 0. The number of halogens is 1. The second kappa shape index (κ2) is 7.45. The van der Waals surface area contributed by atoms with Gasteiger partial charge < -0.3 is 10.5 Å². The number of benzene rings is 2. The lowest BCUT2D eigenvalue weighted by molar-refractivity contribution is -0.122. The molecule has 1 aliphatic heterocycles. The Morgan fingerprint density at radius 2 is 2.00 bits per heavy atom. The predicted molar refractivity (Wildman–Crippen MR) is 89.8 cm³/mol. The van der Waals surface area contributed by atoms with Crippen LogP contribution in [0.15, 0.2) is 48.5 Å². The van der Waals surface area contributed by atoms with Gasteiger partial charge in [0.25, 0.3) is 0 Å². The van der Waals surface area contributed by atoms with Crippen LogP contribution in [0.4, 0.5) is 4.39 Å². The molecule has 0 aliphatic carbocycles. The molecule has 1 atom stereocenters. The smallest absolute Gasteiger partial charge is 0.234 e. The fraction of sp³-hybridized carbons (Fsp3) is 0.316. The van der Waals surface area contributed by atoms with E-state index in [-0.39, 0.29) is 17.8 Å².